The highest BCUT2D eigenvalue weighted by molar-refractivity contribution is 5.97. The number of carbonyl (C=O) groups excluding carboxylic acids is 1. The molecule has 0 aliphatic carbocycles. The second-order valence-corrected chi connectivity index (χ2v) is 7.02. The summed E-state index contributed by atoms with van der Waals surface area (Å²) >= 11 is 0. The number of hydrogen-bond acceptors (Lipinski definition) is 5. The van der Waals surface area contributed by atoms with Crippen LogP contribution in [0.5, 0.6) is 17.2 Å². The average molecular weight is 427 g/mol. The van der Waals surface area contributed by atoms with Gasteiger partial charge < -0.3 is 29.7 Å². The lowest BCUT2D eigenvalue weighted by atomic mass is 10.1. The Kier molecular flexibility index (Phi) is 7.98. The van der Waals surface area contributed by atoms with Gasteiger partial charge >= 0.3 is 0 Å². The number of rotatable bonds is 9. The molecule has 0 saturated carbocycles. The number of para-hydroxylation sites is 2. The highest BCUT2D eigenvalue weighted by atomic mass is 16.5. The number of nitrogens with one attached hydrogen (secondary N) is 2. The van der Waals surface area contributed by atoms with E-state index in [1.165, 1.54) is 0 Å². The summed E-state index contributed by atoms with van der Waals surface area (Å²) in [6.45, 7) is 2.13. The van der Waals surface area contributed by atoms with Gasteiger partial charge in [-0.2, -0.15) is 0 Å². The van der Waals surface area contributed by atoms with E-state index in [2.05, 4.69) is 15.6 Å². The number of aliphatic imine (C=N–C) groups is 1. The fourth-order valence-corrected chi connectivity index (χ4v) is 3.43. The van der Waals surface area contributed by atoms with Gasteiger partial charge in [-0.25, -0.2) is 0 Å². The number of fused-ring (bicyclic) bond motifs is 1. The summed E-state index contributed by atoms with van der Waals surface area (Å²) < 4.78 is 16.1. The van der Waals surface area contributed by atoms with Crippen LogP contribution in [-0.4, -0.2) is 59.4 Å². The monoisotopic (exact) mass is 426 g/mol. The predicted molar refractivity (Wildman–Crippen MR) is 122 cm³/mol. The molecule has 0 aromatic heterocycles. The molecule has 8 heteroatoms. The van der Waals surface area contributed by atoms with Crippen molar-refractivity contribution in [2.75, 3.05) is 52.4 Å². The molecule has 1 heterocycles. The van der Waals surface area contributed by atoms with Crippen LogP contribution in [0, 0.1) is 0 Å². The van der Waals surface area contributed by atoms with Gasteiger partial charge in [-0.1, -0.05) is 18.2 Å². The van der Waals surface area contributed by atoms with E-state index >= 15 is 0 Å². The fraction of sp³-hybridized carbons (Fsp3) is 0.391. The molecule has 1 aliphatic heterocycles. The van der Waals surface area contributed by atoms with Crippen LogP contribution in [0.1, 0.15) is 12.0 Å². The summed E-state index contributed by atoms with van der Waals surface area (Å²) in [5, 5.41) is 6.61. The molecule has 166 valence electrons. The molecule has 8 nitrogen and oxygen atoms in total. The lowest BCUT2D eigenvalue weighted by Crippen LogP contribution is -2.42. The van der Waals surface area contributed by atoms with Gasteiger partial charge in [0.15, 0.2) is 24.1 Å². The maximum Gasteiger partial charge on any atom is 0.265 e. The number of amides is 1. The number of ether oxygens (including phenoxy) is 3. The lowest BCUT2D eigenvalue weighted by Gasteiger charge is -2.29. The van der Waals surface area contributed by atoms with Crippen LogP contribution in [0.2, 0.25) is 0 Å². The van der Waals surface area contributed by atoms with Crippen molar-refractivity contribution in [3.63, 3.8) is 0 Å². The molecule has 0 spiro atoms. The van der Waals surface area contributed by atoms with Gasteiger partial charge in [-0.3, -0.25) is 9.79 Å². The third kappa shape index (κ3) is 5.81. The van der Waals surface area contributed by atoms with Crippen molar-refractivity contribution in [1.29, 1.82) is 0 Å². The van der Waals surface area contributed by atoms with Crippen molar-refractivity contribution in [3.8, 4) is 17.2 Å². The average Bonchev–Trinajstić information content (AvgIpc) is 2.81. The molecule has 1 amide bonds. The number of carbonyl (C=O) groups is 1. The maximum absolute atomic E-state index is 12.2. The van der Waals surface area contributed by atoms with Crippen LogP contribution >= 0.6 is 0 Å². The van der Waals surface area contributed by atoms with E-state index in [4.69, 9.17) is 14.2 Å². The summed E-state index contributed by atoms with van der Waals surface area (Å²) in [7, 11) is 5.00. The standard InChI is InChI=1S/C23H30N4O4/c1-24-23(26-13-11-17-9-10-20(29-2)21(15-17)30-3)25-12-6-14-27-18-7-4-5-8-19(18)31-16-22(27)28/h4-5,7-10,15H,6,11-14,16H2,1-3H3,(H2,24,25,26). The molecule has 31 heavy (non-hydrogen) atoms. The Balaban J connectivity index is 1.42. The first-order chi connectivity index (χ1) is 15.2. The minimum atomic E-state index is -0.0175. The molecule has 0 atom stereocenters. The maximum atomic E-state index is 12.2. The van der Waals surface area contributed by atoms with Crippen LogP contribution in [0.25, 0.3) is 0 Å². The molecular weight excluding hydrogens is 396 g/mol. The highest BCUT2D eigenvalue weighted by Crippen LogP contribution is 2.31. The van der Waals surface area contributed by atoms with Crippen LogP contribution in [0.3, 0.4) is 0 Å². The number of guanidine groups is 1. The Morgan fingerprint density at radius 3 is 2.65 bits per heavy atom. The second kappa shape index (κ2) is 11.1. The summed E-state index contributed by atoms with van der Waals surface area (Å²) in [6.07, 6.45) is 1.61. The molecular formula is C23H30N4O4. The van der Waals surface area contributed by atoms with Crippen molar-refractivity contribution >= 4 is 17.6 Å². The van der Waals surface area contributed by atoms with Gasteiger partial charge in [0.2, 0.25) is 0 Å². The molecule has 2 N–H and O–H groups in total. The minimum Gasteiger partial charge on any atom is -0.493 e. The molecule has 0 radical (unpaired) electrons. The van der Waals surface area contributed by atoms with Gasteiger partial charge in [0.05, 0.1) is 19.9 Å². The Morgan fingerprint density at radius 2 is 1.87 bits per heavy atom. The van der Waals surface area contributed by atoms with Crippen molar-refractivity contribution in [2.24, 2.45) is 4.99 Å². The van der Waals surface area contributed by atoms with Gasteiger partial charge in [0.25, 0.3) is 5.91 Å². The number of benzene rings is 2. The summed E-state index contributed by atoms with van der Waals surface area (Å²) in [5.74, 6) is 2.91. The zero-order chi connectivity index (χ0) is 22.1. The first-order valence-electron chi connectivity index (χ1n) is 10.3. The fourth-order valence-electron chi connectivity index (χ4n) is 3.43. The molecule has 1 aliphatic rings. The first-order valence-corrected chi connectivity index (χ1v) is 10.3. The van der Waals surface area contributed by atoms with Gasteiger partial charge in [-0.15, -0.1) is 0 Å². The van der Waals surface area contributed by atoms with Gasteiger partial charge in [0.1, 0.15) is 5.75 Å². The third-order valence-corrected chi connectivity index (χ3v) is 5.04. The smallest absolute Gasteiger partial charge is 0.265 e. The summed E-state index contributed by atoms with van der Waals surface area (Å²) in [4.78, 5) is 18.3. The van der Waals surface area contributed by atoms with Crippen molar-refractivity contribution in [1.82, 2.24) is 10.6 Å². The van der Waals surface area contributed by atoms with Crippen molar-refractivity contribution < 1.29 is 19.0 Å². The molecule has 3 rings (SSSR count). The van der Waals surface area contributed by atoms with Crippen molar-refractivity contribution in [2.45, 2.75) is 12.8 Å². The van der Waals surface area contributed by atoms with Gasteiger partial charge in [0, 0.05) is 26.7 Å². The molecule has 0 fully saturated rings. The Hall–Kier alpha value is -3.42. The van der Waals surface area contributed by atoms with Crippen LogP contribution in [0.15, 0.2) is 47.5 Å². The lowest BCUT2D eigenvalue weighted by molar-refractivity contribution is -0.121. The van der Waals surface area contributed by atoms with Crippen LogP contribution < -0.4 is 29.7 Å². The molecule has 0 unspecified atom stereocenters. The molecule has 0 bridgehead atoms. The zero-order valence-electron chi connectivity index (χ0n) is 18.3. The zero-order valence-corrected chi connectivity index (χ0v) is 18.3. The van der Waals surface area contributed by atoms with Crippen LogP contribution in [0.4, 0.5) is 5.69 Å². The SMILES string of the molecule is CN=C(NCCCN1C(=O)COc2ccccc21)NCCc1ccc(OC)c(OC)c1. The van der Waals surface area contributed by atoms with Crippen LogP contribution in [-0.2, 0) is 11.2 Å². The van der Waals surface area contributed by atoms with E-state index in [-0.39, 0.29) is 12.5 Å². The van der Waals surface area contributed by atoms with E-state index < -0.39 is 0 Å². The predicted octanol–water partition coefficient (Wildman–Crippen LogP) is 2.23. The van der Waals surface area contributed by atoms with E-state index in [0.29, 0.717) is 13.1 Å². The highest BCUT2D eigenvalue weighted by Gasteiger charge is 2.24. The molecule has 2 aromatic carbocycles. The molecule has 2 aromatic rings. The minimum absolute atomic E-state index is 0.0175. The number of hydrogen-bond donors (Lipinski definition) is 2. The topological polar surface area (TPSA) is 84.4 Å². The van der Waals surface area contributed by atoms with Gasteiger partial charge in [-0.05, 0) is 42.7 Å². The normalized spacial score (nSPS) is 13.3. The third-order valence-electron chi connectivity index (χ3n) is 5.04. The Bertz CT molecular complexity index is 916. The largest absolute Gasteiger partial charge is 0.493 e. The van der Waals surface area contributed by atoms with E-state index in [1.807, 2.05) is 42.5 Å². The number of methoxy groups -OCH3 is 2. The first kappa shape index (κ1) is 22.3. The summed E-state index contributed by atoms with van der Waals surface area (Å²) in [5.41, 5.74) is 1.97. The molecule has 0 saturated heterocycles. The van der Waals surface area contributed by atoms with Crippen molar-refractivity contribution in [3.05, 3.63) is 48.0 Å². The number of nitrogens with zero attached hydrogens (tertiary/aromatic N) is 2. The Labute approximate surface area is 183 Å². The quantitative estimate of drug-likeness (QED) is 0.363. The Morgan fingerprint density at radius 1 is 1.10 bits per heavy atom. The summed E-state index contributed by atoms with van der Waals surface area (Å²) in [6, 6.07) is 13.5. The second-order valence-electron chi connectivity index (χ2n) is 7.02. The number of anilines is 1. The van der Waals surface area contributed by atoms with E-state index in [0.717, 1.165) is 53.8 Å². The van der Waals surface area contributed by atoms with E-state index in [1.54, 1.807) is 26.2 Å². The van der Waals surface area contributed by atoms with E-state index in [9.17, 15) is 4.79 Å².